The van der Waals surface area contributed by atoms with Crippen molar-refractivity contribution in [1.82, 2.24) is 5.32 Å². The highest BCUT2D eigenvalue weighted by molar-refractivity contribution is 7.81. The number of benzene rings is 2. The average molecular weight is 448 g/mol. The molecule has 0 aromatic heterocycles. The van der Waals surface area contributed by atoms with Crippen molar-refractivity contribution in [2.45, 2.75) is 18.6 Å². The second-order valence-electron chi connectivity index (χ2n) is 6.93. The lowest BCUT2D eigenvalue weighted by atomic mass is 10.0. The molecule has 1 fully saturated rings. The van der Waals surface area contributed by atoms with Crippen molar-refractivity contribution in [2.75, 3.05) is 16.8 Å². The minimum atomic E-state index is -4.80. The van der Waals surface area contributed by atoms with E-state index >= 15 is 0 Å². The second-order valence-corrected chi connectivity index (χ2v) is 7.29. The van der Waals surface area contributed by atoms with E-state index in [4.69, 9.17) is 17.5 Å². The van der Waals surface area contributed by atoms with Crippen LogP contribution in [0.4, 0.5) is 28.9 Å². The number of alkyl halides is 3. The van der Waals surface area contributed by atoms with Crippen molar-refractivity contribution in [2.24, 2.45) is 0 Å². The predicted octanol–water partition coefficient (Wildman–Crippen LogP) is 3.14. The number of thiocarbonyl (C=S) groups is 1. The normalized spacial score (nSPS) is 17.5. The predicted molar refractivity (Wildman–Crippen MR) is 106 cm³/mol. The lowest BCUT2D eigenvalue weighted by molar-refractivity contribution is -0.137. The van der Waals surface area contributed by atoms with Crippen LogP contribution >= 0.6 is 12.2 Å². The fourth-order valence-electron chi connectivity index (χ4n) is 3.80. The molecule has 2 amide bonds. The van der Waals surface area contributed by atoms with E-state index in [1.54, 1.807) is 0 Å². The summed E-state index contributed by atoms with van der Waals surface area (Å²) in [5.74, 6) is -2.02. The molecular formula is C20H12F4N4O2S. The van der Waals surface area contributed by atoms with Crippen molar-refractivity contribution in [3.8, 4) is 6.07 Å². The summed E-state index contributed by atoms with van der Waals surface area (Å²) in [5, 5.41) is 11.2. The first-order valence-electron chi connectivity index (χ1n) is 8.91. The molecule has 2 heterocycles. The van der Waals surface area contributed by atoms with Gasteiger partial charge >= 0.3 is 6.18 Å². The minimum Gasteiger partial charge on any atom is -0.355 e. The van der Waals surface area contributed by atoms with Crippen LogP contribution in [0.15, 0.2) is 30.3 Å². The quantitative estimate of drug-likeness (QED) is 0.564. The zero-order valence-electron chi connectivity index (χ0n) is 15.7. The van der Waals surface area contributed by atoms with Crippen molar-refractivity contribution < 1.29 is 27.2 Å². The molecule has 4 rings (SSSR count). The summed E-state index contributed by atoms with van der Waals surface area (Å²) in [6, 6.07) is 5.91. The number of carbonyl (C=O) groups excluding carboxylic acids is 2. The Kier molecular flexibility index (Phi) is 4.70. The Labute approximate surface area is 178 Å². The lowest BCUT2D eigenvalue weighted by Gasteiger charge is -2.21. The van der Waals surface area contributed by atoms with Gasteiger partial charge in [0.2, 0.25) is 0 Å². The van der Waals surface area contributed by atoms with Crippen molar-refractivity contribution >= 4 is 40.5 Å². The van der Waals surface area contributed by atoms with E-state index in [0.717, 1.165) is 17.0 Å². The maximum absolute atomic E-state index is 14.5. The Morgan fingerprint density at radius 2 is 2.00 bits per heavy atom. The third-order valence-corrected chi connectivity index (χ3v) is 5.59. The zero-order chi connectivity index (χ0) is 22.7. The summed E-state index contributed by atoms with van der Waals surface area (Å²) in [5.41, 5.74) is -1.28. The topological polar surface area (TPSA) is 76.4 Å². The number of nitrogens with one attached hydrogen (secondary N) is 1. The van der Waals surface area contributed by atoms with Gasteiger partial charge in [0.05, 0.1) is 34.1 Å². The van der Waals surface area contributed by atoms with Gasteiger partial charge in [0, 0.05) is 13.5 Å². The van der Waals surface area contributed by atoms with E-state index in [-0.39, 0.29) is 28.5 Å². The summed E-state index contributed by atoms with van der Waals surface area (Å²) in [4.78, 5) is 27.2. The van der Waals surface area contributed by atoms with Crippen LogP contribution in [0.25, 0.3) is 0 Å². The number of hydrogen-bond acceptors (Lipinski definition) is 4. The van der Waals surface area contributed by atoms with E-state index < -0.39 is 41.0 Å². The maximum Gasteiger partial charge on any atom is 0.417 e. The number of anilines is 2. The molecule has 31 heavy (non-hydrogen) atoms. The average Bonchev–Trinajstić information content (AvgIpc) is 3.20. The number of rotatable bonds is 2. The van der Waals surface area contributed by atoms with Crippen LogP contribution in [0, 0.1) is 17.1 Å². The zero-order valence-corrected chi connectivity index (χ0v) is 16.6. The standard InChI is InChI=1S/C20H12F4N4O2S/c1-26-17(29)12-4-10-5-16-18(30)27(19(31)28(16)15(10)7-14(12)21)11-3-2-9(8-25)13(6-11)20(22,23)24/h2-4,6-7,16H,5H2,1H3,(H,26,29). The third-order valence-electron chi connectivity index (χ3n) is 5.21. The van der Waals surface area contributed by atoms with Crippen LogP contribution in [-0.4, -0.2) is 30.0 Å². The molecule has 0 saturated carbocycles. The van der Waals surface area contributed by atoms with Gasteiger partial charge < -0.3 is 10.2 Å². The van der Waals surface area contributed by atoms with Gasteiger partial charge in [-0.1, -0.05) is 0 Å². The summed E-state index contributed by atoms with van der Waals surface area (Å²) < 4.78 is 54.5. The molecule has 2 aliphatic rings. The molecule has 1 N–H and O–H groups in total. The van der Waals surface area contributed by atoms with Crippen LogP contribution in [0.2, 0.25) is 0 Å². The number of amides is 2. The van der Waals surface area contributed by atoms with E-state index in [1.807, 2.05) is 0 Å². The van der Waals surface area contributed by atoms with Gasteiger partial charge in [-0.25, -0.2) is 4.39 Å². The number of nitriles is 1. The number of carbonyl (C=O) groups is 2. The van der Waals surface area contributed by atoms with Crippen molar-refractivity contribution in [1.29, 1.82) is 5.26 Å². The van der Waals surface area contributed by atoms with Gasteiger partial charge in [0.15, 0.2) is 5.11 Å². The van der Waals surface area contributed by atoms with Crippen LogP contribution < -0.4 is 15.1 Å². The fourth-order valence-corrected chi connectivity index (χ4v) is 4.22. The first-order chi connectivity index (χ1) is 14.6. The molecule has 1 unspecified atom stereocenters. The van der Waals surface area contributed by atoms with Gasteiger partial charge in [0.1, 0.15) is 11.9 Å². The summed E-state index contributed by atoms with van der Waals surface area (Å²) in [6.07, 6.45) is -4.69. The Hall–Kier alpha value is -3.52. The Bertz CT molecular complexity index is 1200. The van der Waals surface area contributed by atoms with Crippen LogP contribution in [-0.2, 0) is 17.4 Å². The monoisotopic (exact) mass is 448 g/mol. The molecule has 0 bridgehead atoms. The second kappa shape index (κ2) is 7.02. The first kappa shape index (κ1) is 20.7. The molecule has 0 spiro atoms. The molecule has 158 valence electrons. The van der Waals surface area contributed by atoms with E-state index in [2.05, 4.69) is 5.32 Å². The number of halogens is 4. The van der Waals surface area contributed by atoms with E-state index in [0.29, 0.717) is 11.6 Å². The van der Waals surface area contributed by atoms with Gasteiger partial charge in [0.25, 0.3) is 11.8 Å². The number of nitrogens with zero attached hydrogens (tertiary/aromatic N) is 3. The molecule has 1 saturated heterocycles. The number of hydrogen-bond donors (Lipinski definition) is 1. The van der Waals surface area contributed by atoms with Crippen LogP contribution in [0.5, 0.6) is 0 Å². The van der Waals surface area contributed by atoms with Crippen molar-refractivity contribution in [3.63, 3.8) is 0 Å². The first-order valence-corrected chi connectivity index (χ1v) is 9.32. The van der Waals surface area contributed by atoms with E-state index in [9.17, 15) is 27.2 Å². The van der Waals surface area contributed by atoms with Gasteiger partial charge in [-0.05, 0) is 48.1 Å². The third kappa shape index (κ3) is 3.11. The fraction of sp³-hybridized carbons (Fsp3) is 0.200. The highest BCUT2D eigenvalue weighted by Crippen LogP contribution is 2.42. The van der Waals surface area contributed by atoms with E-state index in [1.165, 1.54) is 30.1 Å². The van der Waals surface area contributed by atoms with Gasteiger partial charge in [-0.15, -0.1) is 0 Å². The molecular weight excluding hydrogens is 436 g/mol. The molecule has 2 aliphatic heterocycles. The molecule has 2 aromatic carbocycles. The highest BCUT2D eigenvalue weighted by atomic mass is 32.1. The smallest absolute Gasteiger partial charge is 0.355 e. The minimum absolute atomic E-state index is 0.109. The summed E-state index contributed by atoms with van der Waals surface area (Å²) in [6.45, 7) is 0. The molecule has 6 nitrogen and oxygen atoms in total. The Balaban J connectivity index is 1.76. The summed E-state index contributed by atoms with van der Waals surface area (Å²) in [7, 11) is 1.36. The summed E-state index contributed by atoms with van der Waals surface area (Å²) >= 11 is 5.34. The molecule has 1 atom stereocenters. The Morgan fingerprint density at radius 1 is 1.29 bits per heavy atom. The van der Waals surface area contributed by atoms with Crippen molar-refractivity contribution in [3.05, 3.63) is 58.4 Å². The Morgan fingerprint density at radius 3 is 2.61 bits per heavy atom. The lowest BCUT2D eigenvalue weighted by Crippen LogP contribution is -2.33. The SMILES string of the molecule is CNC(=O)c1cc2c(cc1F)N1C(=S)N(c3ccc(C#N)c(C(F)(F)F)c3)C(=O)C1C2. The molecule has 0 aliphatic carbocycles. The van der Waals surface area contributed by atoms with Gasteiger partial charge in [-0.3, -0.25) is 14.5 Å². The highest BCUT2D eigenvalue weighted by Gasteiger charge is 2.49. The van der Waals surface area contributed by atoms with Crippen LogP contribution in [0.1, 0.15) is 27.0 Å². The number of fused-ring (bicyclic) bond motifs is 3. The maximum atomic E-state index is 14.5. The molecule has 0 radical (unpaired) electrons. The molecule has 2 aromatic rings. The molecule has 11 heteroatoms. The largest absolute Gasteiger partial charge is 0.417 e. The van der Waals surface area contributed by atoms with Gasteiger partial charge in [-0.2, -0.15) is 18.4 Å². The van der Waals surface area contributed by atoms with Crippen LogP contribution in [0.3, 0.4) is 0 Å².